The molecule has 0 radical (unpaired) electrons. The van der Waals surface area contributed by atoms with Gasteiger partial charge in [-0.05, 0) is 19.8 Å². The average Bonchev–Trinajstić information content (AvgIpc) is 2.85. The molecule has 1 heterocycles. The molecule has 6 heteroatoms. The van der Waals surface area contributed by atoms with E-state index < -0.39 is 17.0 Å². The van der Waals surface area contributed by atoms with Crippen LogP contribution in [0.25, 0.3) is 11.0 Å². The Balaban J connectivity index is 2.57. The van der Waals surface area contributed by atoms with E-state index in [-0.39, 0.29) is 12.6 Å². The fourth-order valence-corrected chi connectivity index (χ4v) is 2.47. The average molecular weight is 296 g/mol. The lowest BCUT2D eigenvalue weighted by atomic mass is 9.81. The molecule has 114 valence electrons. The summed E-state index contributed by atoms with van der Waals surface area (Å²) >= 11 is 0. The minimum Gasteiger partial charge on any atom is -0.465 e. The van der Waals surface area contributed by atoms with E-state index in [9.17, 15) is 13.6 Å². The largest absolute Gasteiger partial charge is 0.465 e. The molecule has 0 amide bonds. The van der Waals surface area contributed by atoms with Crippen molar-refractivity contribution in [2.45, 2.75) is 39.0 Å². The number of aromatic amines is 1. The number of H-pyrrole nitrogens is 1. The number of ether oxygens (including phenoxy) is 1. The molecule has 0 spiro atoms. The van der Waals surface area contributed by atoms with Crippen molar-refractivity contribution in [2.24, 2.45) is 0 Å². The molecule has 2 aromatic rings. The number of rotatable bonds is 5. The topological polar surface area (TPSA) is 55.0 Å². The van der Waals surface area contributed by atoms with Crippen molar-refractivity contribution in [2.75, 3.05) is 6.61 Å². The van der Waals surface area contributed by atoms with Crippen LogP contribution in [0.3, 0.4) is 0 Å². The zero-order valence-electron chi connectivity index (χ0n) is 12.3. The Kier molecular flexibility index (Phi) is 4.25. The van der Waals surface area contributed by atoms with Crippen LogP contribution in [0, 0.1) is 11.6 Å². The maximum Gasteiger partial charge on any atom is 0.319 e. The molecule has 0 aliphatic heterocycles. The molecule has 1 N–H and O–H groups in total. The molecule has 0 bridgehead atoms. The molecule has 0 aliphatic carbocycles. The van der Waals surface area contributed by atoms with Gasteiger partial charge < -0.3 is 9.72 Å². The molecule has 0 fully saturated rings. The fraction of sp³-hybridized carbons (Fsp3) is 0.467. The van der Waals surface area contributed by atoms with Crippen LogP contribution in [0.2, 0.25) is 0 Å². The first-order valence-corrected chi connectivity index (χ1v) is 7.01. The van der Waals surface area contributed by atoms with Crippen LogP contribution in [-0.4, -0.2) is 22.5 Å². The van der Waals surface area contributed by atoms with Gasteiger partial charge in [-0.3, -0.25) is 4.79 Å². The third-order valence-corrected chi connectivity index (χ3v) is 3.85. The van der Waals surface area contributed by atoms with Gasteiger partial charge in [-0.25, -0.2) is 13.8 Å². The third kappa shape index (κ3) is 2.50. The molecule has 0 aliphatic rings. The lowest BCUT2D eigenvalue weighted by Crippen LogP contribution is -2.37. The van der Waals surface area contributed by atoms with E-state index in [1.54, 1.807) is 6.92 Å². The number of fused-ring (bicyclic) bond motifs is 1. The van der Waals surface area contributed by atoms with E-state index in [4.69, 9.17) is 4.74 Å². The number of nitrogens with zero attached hydrogens (tertiary/aromatic N) is 1. The summed E-state index contributed by atoms with van der Waals surface area (Å²) in [6.07, 6.45) is 0.959. The van der Waals surface area contributed by atoms with E-state index in [1.807, 2.05) is 13.8 Å². The number of halogens is 2. The minimum atomic E-state index is -0.963. The highest BCUT2D eigenvalue weighted by atomic mass is 19.2. The Labute approximate surface area is 121 Å². The first-order valence-electron chi connectivity index (χ1n) is 7.01. The first-order chi connectivity index (χ1) is 9.98. The van der Waals surface area contributed by atoms with Gasteiger partial charge in [0.15, 0.2) is 11.6 Å². The lowest BCUT2D eigenvalue weighted by molar-refractivity contribution is -0.150. The molecule has 0 saturated heterocycles. The number of nitrogens with one attached hydrogen (secondary N) is 1. The van der Waals surface area contributed by atoms with Crippen molar-refractivity contribution in [1.29, 1.82) is 0 Å². The highest BCUT2D eigenvalue weighted by molar-refractivity contribution is 5.84. The highest BCUT2D eigenvalue weighted by Crippen LogP contribution is 2.33. The summed E-state index contributed by atoms with van der Waals surface area (Å²) in [5, 5.41) is 0. The summed E-state index contributed by atoms with van der Waals surface area (Å²) in [6, 6.07) is 2.06. The summed E-state index contributed by atoms with van der Waals surface area (Å²) in [4.78, 5) is 19.5. The zero-order valence-corrected chi connectivity index (χ0v) is 12.3. The number of hydrogen-bond acceptors (Lipinski definition) is 3. The maximum absolute atomic E-state index is 13.3. The third-order valence-electron chi connectivity index (χ3n) is 3.85. The molecule has 1 aromatic heterocycles. The van der Waals surface area contributed by atoms with Gasteiger partial charge in [-0.2, -0.15) is 0 Å². The number of benzene rings is 1. The van der Waals surface area contributed by atoms with Crippen LogP contribution < -0.4 is 0 Å². The molecule has 0 unspecified atom stereocenters. The fourth-order valence-electron chi connectivity index (χ4n) is 2.47. The van der Waals surface area contributed by atoms with Crippen molar-refractivity contribution in [1.82, 2.24) is 9.97 Å². The molecule has 4 nitrogen and oxygen atoms in total. The number of esters is 1. The van der Waals surface area contributed by atoms with Crippen LogP contribution in [-0.2, 0) is 14.9 Å². The van der Waals surface area contributed by atoms with Crippen molar-refractivity contribution < 1.29 is 18.3 Å². The Hall–Kier alpha value is -1.98. The van der Waals surface area contributed by atoms with Crippen molar-refractivity contribution in [3.05, 3.63) is 29.6 Å². The molecular formula is C15H18F2N2O2. The normalized spacial score (nSPS) is 11.9. The SMILES string of the molecule is CCOC(=O)C(CC)(CC)c1nc2cc(F)c(F)cc2[nH]1. The van der Waals surface area contributed by atoms with Gasteiger partial charge >= 0.3 is 5.97 Å². The minimum absolute atomic E-state index is 0.268. The van der Waals surface area contributed by atoms with Crippen molar-refractivity contribution in [3.63, 3.8) is 0 Å². The summed E-state index contributed by atoms with van der Waals surface area (Å²) in [5.41, 5.74) is -0.277. The molecule has 2 rings (SSSR count). The van der Waals surface area contributed by atoms with Crippen LogP contribution in [0.4, 0.5) is 8.78 Å². The molecule has 0 atom stereocenters. The Morgan fingerprint density at radius 2 is 1.86 bits per heavy atom. The smallest absolute Gasteiger partial charge is 0.319 e. The van der Waals surface area contributed by atoms with E-state index in [1.165, 1.54) is 0 Å². The molecule has 1 aromatic carbocycles. The number of aromatic nitrogens is 2. The van der Waals surface area contributed by atoms with Gasteiger partial charge in [-0.15, -0.1) is 0 Å². The van der Waals surface area contributed by atoms with Crippen LogP contribution in [0.1, 0.15) is 39.4 Å². The van der Waals surface area contributed by atoms with Crippen LogP contribution in [0.15, 0.2) is 12.1 Å². The number of hydrogen-bond donors (Lipinski definition) is 1. The van der Waals surface area contributed by atoms with Gasteiger partial charge in [-0.1, -0.05) is 13.8 Å². The second-order valence-corrected chi connectivity index (χ2v) is 4.88. The summed E-state index contributed by atoms with van der Waals surface area (Å²) < 4.78 is 31.7. The van der Waals surface area contributed by atoms with E-state index >= 15 is 0 Å². The summed E-state index contributed by atoms with van der Waals surface area (Å²) in [5.74, 6) is -1.91. The molecular weight excluding hydrogens is 278 g/mol. The monoisotopic (exact) mass is 296 g/mol. The first kappa shape index (κ1) is 15.4. The van der Waals surface area contributed by atoms with Gasteiger partial charge in [0.2, 0.25) is 0 Å². The van der Waals surface area contributed by atoms with E-state index in [2.05, 4.69) is 9.97 Å². The quantitative estimate of drug-likeness (QED) is 0.860. The second kappa shape index (κ2) is 5.79. The Morgan fingerprint density at radius 3 is 2.43 bits per heavy atom. The van der Waals surface area contributed by atoms with Crippen molar-refractivity contribution in [3.8, 4) is 0 Å². The van der Waals surface area contributed by atoms with E-state index in [0.717, 1.165) is 12.1 Å². The van der Waals surface area contributed by atoms with E-state index in [0.29, 0.717) is 29.7 Å². The van der Waals surface area contributed by atoms with Gasteiger partial charge in [0, 0.05) is 12.1 Å². The van der Waals surface area contributed by atoms with Crippen molar-refractivity contribution >= 4 is 17.0 Å². The predicted molar refractivity (Wildman–Crippen MR) is 74.9 cm³/mol. The summed E-state index contributed by atoms with van der Waals surface area (Å²) in [6.45, 7) is 5.71. The van der Waals surface area contributed by atoms with Crippen LogP contribution in [0.5, 0.6) is 0 Å². The van der Waals surface area contributed by atoms with Gasteiger partial charge in [0.1, 0.15) is 11.2 Å². The maximum atomic E-state index is 13.3. The standard InChI is InChI=1S/C15H18F2N2O2/c1-4-15(5-2,14(20)21-6-3)13-18-11-7-9(16)10(17)8-12(11)19-13/h7-8H,4-6H2,1-3H3,(H,18,19). The van der Waals surface area contributed by atoms with Gasteiger partial charge in [0.05, 0.1) is 17.6 Å². The Morgan fingerprint density at radius 1 is 1.24 bits per heavy atom. The Bertz CT molecular complexity index is 624. The summed E-state index contributed by atoms with van der Waals surface area (Å²) in [7, 11) is 0. The highest BCUT2D eigenvalue weighted by Gasteiger charge is 2.41. The lowest BCUT2D eigenvalue weighted by Gasteiger charge is -2.26. The van der Waals surface area contributed by atoms with Gasteiger partial charge in [0.25, 0.3) is 0 Å². The predicted octanol–water partition coefficient (Wildman–Crippen LogP) is 3.46. The molecule has 0 saturated carbocycles. The number of imidazole rings is 1. The van der Waals surface area contributed by atoms with Crippen LogP contribution >= 0.6 is 0 Å². The second-order valence-electron chi connectivity index (χ2n) is 4.88. The number of carbonyl (C=O) groups excluding carboxylic acids is 1. The zero-order chi connectivity index (χ0) is 15.6. The number of carbonyl (C=O) groups is 1. The molecule has 21 heavy (non-hydrogen) atoms.